The third-order valence-corrected chi connectivity index (χ3v) is 9.27. The van der Waals surface area contributed by atoms with E-state index in [0.29, 0.717) is 31.5 Å². The zero-order valence-corrected chi connectivity index (χ0v) is 32.1. The molecule has 0 aromatic carbocycles. The molecule has 1 fully saturated rings. The molecule has 0 saturated carbocycles. The van der Waals surface area contributed by atoms with Gasteiger partial charge in [0, 0.05) is 12.8 Å². The molecule has 2 unspecified atom stereocenters. The van der Waals surface area contributed by atoms with Crippen molar-refractivity contribution in [2.24, 2.45) is 5.92 Å². The molecule has 1 saturated heterocycles. The highest BCUT2D eigenvalue weighted by molar-refractivity contribution is 5.70. The number of hydrogen-bond acceptors (Lipinski definition) is 6. The van der Waals surface area contributed by atoms with Crippen molar-refractivity contribution >= 4 is 11.9 Å². The van der Waals surface area contributed by atoms with Gasteiger partial charge < -0.3 is 19.3 Å². The predicted octanol–water partition coefficient (Wildman–Crippen LogP) is 11.7. The first-order chi connectivity index (χ1) is 24.0. The van der Waals surface area contributed by atoms with Gasteiger partial charge in [0.2, 0.25) is 0 Å². The topological polar surface area (TPSA) is 85.4 Å². The highest BCUT2D eigenvalue weighted by Gasteiger charge is 2.35. The van der Waals surface area contributed by atoms with E-state index in [9.17, 15) is 14.7 Å². The molecule has 1 N–H and O–H groups in total. The first-order valence-corrected chi connectivity index (χ1v) is 20.5. The van der Waals surface area contributed by atoms with Crippen LogP contribution in [-0.2, 0) is 23.8 Å². The van der Waals surface area contributed by atoms with Crippen molar-refractivity contribution in [3.63, 3.8) is 0 Å². The van der Waals surface area contributed by atoms with Gasteiger partial charge in [0.1, 0.15) is 6.61 Å². The van der Waals surface area contributed by atoms with E-state index in [0.717, 1.165) is 50.9 Å². The molecule has 1 aliphatic rings. The SMILES string of the molecule is CCCCC/C=C\CC1OC1C/C=C\C/C=C\CCCC(=O)OC[C@H](CO)OC(=O)CCCCCCCCCCCCCCCCC(C)C. The molecular weight excluding hydrogens is 612 g/mol. The van der Waals surface area contributed by atoms with Crippen LogP contribution in [0.5, 0.6) is 0 Å². The number of unbranched alkanes of at least 4 members (excludes halogenated alkanes) is 17. The van der Waals surface area contributed by atoms with Crippen LogP contribution in [0, 0.1) is 5.92 Å². The molecule has 1 aliphatic heterocycles. The fourth-order valence-electron chi connectivity index (χ4n) is 6.01. The summed E-state index contributed by atoms with van der Waals surface area (Å²) < 4.78 is 16.3. The largest absolute Gasteiger partial charge is 0.462 e. The van der Waals surface area contributed by atoms with Crippen LogP contribution in [0.4, 0.5) is 0 Å². The molecule has 0 aromatic heterocycles. The molecule has 0 amide bonds. The smallest absolute Gasteiger partial charge is 0.306 e. The lowest BCUT2D eigenvalue weighted by Crippen LogP contribution is -2.28. The Bertz CT molecular complexity index is 862. The Morgan fingerprint density at radius 3 is 1.73 bits per heavy atom. The second-order valence-electron chi connectivity index (χ2n) is 14.6. The summed E-state index contributed by atoms with van der Waals surface area (Å²) in [5.41, 5.74) is 0. The van der Waals surface area contributed by atoms with Crippen molar-refractivity contribution < 1.29 is 28.9 Å². The highest BCUT2D eigenvalue weighted by atomic mass is 16.6. The number of carbonyl (C=O) groups is 2. The molecule has 0 aliphatic carbocycles. The molecule has 49 heavy (non-hydrogen) atoms. The van der Waals surface area contributed by atoms with Crippen LogP contribution in [-0.4, -0.2) is 48.6 Å². The number of ether oxygens (including phenoxy) is 3. The Labute approximate surface area is 301 Å². The molecule has 3 atom stereocenters. The van der Waals surface area contributed by atoms with Gasteiger partial charge in [-0.05, 0) is 57.3 Å². The minimum absolute atomic E-state index is 0.0964. The molecule has 1 rings (SSSR count). The highest BCUT2D eigenvalue weighted by Crippen LogP contribution is 2.29. The Morgan fingerprint density at radius 1 is 0.633 bits per heavy atom. The zero-order valence-electron chi connectivity index (χ0n) is 32.1. The maximum Gasteiger partial charge on any atom is 0.306 e. The third-order valence-electron chi connectivity index (χ3n) is 9.27. The summed E-state index contributed by atoms with van der Waals surface area (Å²) in [6.07, 6.45) is 42.4. The summed E-state index contributed by atoms with van der Waals surface area (Å²) >= 11 is 0. The standard InChI is InChI=1S/C43H76O6/c1-4-5-6-7-22-27-32-40-41(49-40)33-28-23-18-16-20-24-29-34-42(45)47-37-39(36-44)48-43(46)35-30-25-19-15-13-11-9-8-10-12-14-17-21-26-31-38(2)3/h16,20,22-23,27-28,38-41,44H,4-15,17-19,21,24-26,29-37H2,1-3H3/b20-16-,27-22-,28-23-/t39-,40?,41?/m0/s1. The lowest BCUT2D eigenvalue weighted by Gasteiger charge is -2.15. The normalized spacial score (nSPS) is 16.8. The van der Waals surface area contributed by atoms with E-state index in [1.165, 1.54) is 103 Å². The number of allylic oxidation sites excluding steroid dienone is 4. The predicted molar refractivity (Wildman–Crippen MR) is 205 cm³/mol. The summed E-state index contributed by atoms with van der Waals surface area (Å²) in [6, 6.07) is 0. The van der Waals surface area contributed by atoms with E-state index in [-0.39, 0.29) is 25.2 Å². The van der Waals surface area contributed by atoms with Crippen LogP contribution in [0.2, 0.25) is 0 Å². The summed E-state index contributed by atoms with van der Waals surface area (Å²) in [5, 5.41) is 9.56. The van der Waals surface area contributed by atoms with Crippen molar-refractivity contribution in [3.8, 4) is 0 Å². The van der Waals surface area contributed by atoms with Gasteiger partial charge in [0.05, 0.1) is 18.8 Å². The Morgan fingerprint density at radius 2 is 1.14 bits per heavy atom. The van der Waals surface area contributed by atoms with Crippen molar-refractivity contribution in [3.05, 3.63) is 36.5 Å². The van der Waals surface area contributed by atoms with Gasteiger partial charge in [-0.3, -0.25) is 9.59 Å². The fraction of sp³-hybridized carbons (Fsp3) is 0.814. The average Bonchev–Trinajstić information content (AvgIpc) is 3.84. The monoisotopic (exact) mass is 689 g/mol. The van der Waals surface area contributed by atoms with Gasteiger partial charge >= 0.3 is 11.9 Å². The van der Waals surface area contributed by atoms with E-state index in [1.54, 1.807) is 0 Å². The van der Waals surface area contributed by atoms with Gasteiger partial charge in [-0.2, -0.15) is 0 Å². The Balaban J connectivity index is 1.91. The third kappa shape index (κ3) is 30.6. The number of hydrogen-bond donors (Lipinski definition) is 1. The van der Waals surface area contributed by atoms with Crippen LogP contribution in [0.1, 0.15) is 188 Å². The van der Waals surface area contributed by atoms with Crippen LogP contribution >= 0.6 is 0 Å². The van der Waals surface area contributed by atoms with Crippen LogP contribution in [0.3, 0.4) is 0 Å². The summed E-state index contributed by atoms with van der Waals surface area (Å²) in [5.74, 6) is 0.188. The summed E-state index contributed by atoms with van der Waals surface area (Å²) in [4.78, 5) is 24.3. The molecule has 0 radical (unpaired) electrons. The van der Waals surface area contributed by atoms with Gasteiger partial charge in [-0.1, -0.05) is 160 Å². The molecular formula is C43H76O6. The second kappa shape index (κ2) is 33.2. The van der Waals surface area contributed by atoms with Crippen molar-refractivity contribution in [1.29, 1.82) is 0 Å². The number of epoxide rings is 1. The fourth-order valence-corrected chi connectivity index (χ4v) is 6.01. The van der Waals surface area contributed by atoms with Gasteiger partial charge in [0.15, 0.2) is 6.10 Å². The number of esters is 2. The lowest BCUT2D eigenvalue weighted by atomic mass is 10.0. The number of rotatable bonds is 35. The van der Waals surface area contributed by atoms with E-state index in [2.05, 4.69) is 57.2 Å². The zero-order chi connectivity index (χ0) is 35.6. The first kappa shape index (κ1) is 45.1. The summed E-state index contributed by atoms with van der Waals surface area (Å²) in [6.45, 7) is 6.41. The number of aliphatic hydroxyl groups excluding tert-OH is 1. The molecule has 0 bridgehead atoms. The molecule has 1 heterocycles. The van der Waals surface area contributed by atoms with E-state index in [4.69, 9.17) is 14.2 Å². The molecule has 0 aromatic rings. The van der Waals surface area contributed by atoms with Gasteiger partial charge in [-0.15, -0.1) is 0 Å². The minimum atomic E-state index is -0.795. The summed E-state index contributed by atoms with van der Waals surface area (Å²) in [7, 11) is 0. The quantitative estimate of drug-likeness (QED) is 0.0309. The Hall–Kier alpha value is -1.92. The van der Waals surface area contributed by atoms with Gasteiger partial charge in [-0.25, -0.2) is 0 Å². The van der Waals surface area contributed by atoms with Crippen molar-refractivity contribution in [2.45, 2.75) is 206 Å². The van der Waals surface area contributed by atoms with Crippen LogP contribution in [0.25, 0.3) is 0 Å². The molecule has 6 heteroatoms. The first-order valence-electron chi connectivity index (χ1n) is 20.5. The van der Waals surface area contributed by atoms with E-state index < -0.39 is 6.10 Å². The average molecular weight is 689 g/mol. The van der Waals surface area contributed by atoms with Crippen molar-refractivity contribution in [1.82, 2.24) is 0 Å². The van der Waals surface area contributed by atoms with Gasteiger partial charge in [0.25, 0.3) is 0 Å². The van der Waals surface area contributed by atoms with E-state index in [1.807, 2.05) is 0 Å². The Kier molecular flexibility index (Phi) is 30.6. The minimum Gasteiger partial charge on any atom is -0.462 e. The molecule has 0 spiro atoms. The van der Waals surface area contributed by atoms with Crippen molar-refractivity contribution in [2.75, 3.05) is 13.2 Å². The maximum absolute atomic E-state index is 12.2. The van der Waals surface area contributed by atoms with E-state index >= 15 is 0 Å². The van der Waals surface area contributed by atoms with Crippen LogP contribution in [0.15, 0.2) is 36.5 Å². The lowest BCUT2D eigenvalue weighted by molar-refractivity contribution is -0.161. The number of carbonyl (C=O) groups excluding carboxylic acids is 2. The molecule has 6 nitrogen and oxygen atoms in total. The number of aliphatic hydroxyl groups is 1. The molecule has 284 valence electrons. The van der Waals surface area contributed by atoms with Crippen LogP contribution < -0.4 is 0 Å². The maximum atomic E-state index is 12.2. The second-order valence-corrected chi connectivity index (χ2v) is 14.6.